The van der Waals surface area contributed by atoms with Crippen LogP contribution in [0.25, 0.3) is 0 Å². The first-order valence-corrected chi connectivity index (χ1v) is 5.01. The smallest absolute Gasteiger partial charge is 0.354 e. The number of nitrogens with zero attached hydrogens (tertiary/aromatic N) is 1. The summed E-state index contributed by atoms with van der Waals surface area (Å²) in [6.07, 6.45) is 0.873. The summed E-state index contributed by atoms with van der Waals surface area (Å²) in [6, 6.07) is 3.07. The minimum absolute atomic E-state index is 0.0179. The third-order valence-corrected chi connectivity index (χ3v) is 2.42. The Kier molecular flexibility index (Phi) is 2.91. The highest BCUT2D eigenvalue weighted by atomic mass is 16.5. The number of anilines is 2. The molecule has 1 aromatic rings. The summed E-state index contributed by atoms with van der Waals surface area (Å²) in [4.78, 5) is 14.7. The van der Waals surface area contributed by atoms with E-state index < -0.39 is 5.97 Å². The lowest BCUT2D eigenvalue weighted by Crippen LogP contribution is -2.21. The van der Waals surface area contributed by atoms with E-state index in [1.165, 1.54) is 12.1 Å². The molecule has 0 bridgehead atoms. The van der Waals surface area contributed by atoms with E-state index >= 15 is 0 Å². The maximum atomic E-state index is 10.7. The van der Waals surface area contributed by atoms with Crippen molar-refractivity contribution in [3.63, 3.8) is 0 Å². The van der Waals surface area contributed by atoms with Crippen LogP contribution in [0, 0.1) is 0 Å². The Morgan fingerprint density at radius 1 is 1.62 bits per heavy atom. The maximum Gasteiger partial charge on any atom is 0.354 e. The molecule has 2 heterocycles. The molecule has 1 aliphatic heterocycles. The van der Waals surface area contributed by atoms with Gasteiger partial charge in [-0.15, -0.1) is 0 Å². The van der Waals surface area contributed by atoms with Crippen molar-refractivity contribution in [1.82, 2.24) is 4.98 Å². The first-order chi connectivity index (χ1) is 7.66. The summed E-state index contributed by atoms with van der Waals surface area (Å²) in [5.41, 5.74) is 6.13. The van der Waals surface area contributed by atoms with Gasteiger partial charge in [-0.3, -0.25) is 0 Å². The van der Waals surface area contributed by atoms with Gasteiger partial charge in [0, 0.05) is 6.61 Å². The fourth-order valence-corrected chi connectivity index (χ4v) is 1.55. The molecule has 86 valence electrons. The highest BCUT2D eigenvalue weighted by molar-refractivity contribution is 5.86. The van der Waals surface area contributed by atoms with Crippen molar-refractivity contribution in [1.29, 1.82) is 0 Å². The Hall–Kier alpha value is -1.82. The zero-order valence-corrected chi connectivity index (χ0v) is 8.64. The van der Waals surface area contributed by atoms with Crippen molar-refractivity contribution in [2.24, 2.45) is 0 Å². The molecule has 1 saturated heterocycles. The maximum absolute atomic E-state index is 10.7. The van der Waals surface area contributed by atoms with E-state index in [4.69, 9.17) is 15.6 Å². The first-order valence-electron chi connectivity index (χ1n) is 5.01. The van der Waals surface area contributed by atoms with Gasteiger partial charge < -0.3 is 20.9 Å². The summed E-state index contributed by atoms with van der Waals surface area (Å²) in [5.74, 6) is -0.652. The molecule has 4 N–H and O–H groups in total. The Morgan fingerprint density at radius 2 is 2.44 bits per heavy atom. The molecule has 1 atom stereocenters. The van der Waals surface area contributed by atoms with Crippen molar-refractivity contribution in [2.45, 2.75) is 12.5 Å². The predicted octanol–water partition coefficient (Wildman–Crippen LogP) is 0.563. The number of carboxylic acid groups (broad SMARTS) is 1. The molecule has 0 saturated carbocycles. The van der Waals surface area contributed by atoms with E-state index in [9.17, 15) is 4.79 Å². The van der Waals surface area contributed by atoms with Gasteiger partial charge in [0.1, 0.15) is 0 Å². The molecule has 0 aromatic carbocycles. The number of pyridine rings is 1. The highest BCUT2D eigenvalue weighted by Gasteiger charge is 2.17. The average molecular weight is 223 g/mol. The van der Waals surface area contributed by atoms with Crippen LogP contribution in [0.3, 0.4) is 0 Å². The van der Waals surface area contributed by atoms with E-state index in [0.717, 1.165) is 6.42 Å². The molecule has 1 aliphatic rings. The molecule has 16 heavy (non-hydrogen) atoms. The number of nitrogens with two attached hydrogens (primary N) is 1. The van der Waals surface area contributed by atoms with E-state index in [1.54, 1.807) is 0 Å². The Morgan fingerprint density at radius 3 is 3.06 bits per heavy atom. The number of carboxylic acids is 1. The molecule has 0 amide bonds. The van der Waals surface area contributed by atoms with Crippen LogP contribution in [0.15, 0.2) is 12.1 Å². The van der Waals surface area contributed by atoms with Crippen molar-refractivity contribution >= 4 is 17.5 Å². The molecule has 2 rings (SSSR count). The van der Waals surface area contributed by atoms with E-state index in [1.807, 2.05) is 0 Å². The van der Waals surface area contributed by atoms with E-state index in [0.29, 0.717) is 24.7 Å². The molecule has 6 nitrogen and oxygen atoms in total. The lowest BCUT2D eigenvalue weighted by molar-refractivity contribution is 0.0690. The minimum atomic E-state index is -1.06. The third kappa shape index (κ3) is 2.22. The Labute approximate surface area is 92.4 Å². The largest absolute Gasteiger partial charge is 0.477 e. The standard InChI is InChI=1S/C10H13N3O3/c11-7-1-2-8(10(14)15)13-9(7)12-6-3-4-16-5-6/h1-2,6H,3-5,11H2,(H,12,13)(H,14,15). The highest BCUT2D eigenvalue weighted by Crippen LogP contribution is 2.19. The van der Waals surface area contributed by atoms with Crippen LogP contribution in [0.1, 0.15) is 16.9 Å². The summed E-state index contributed by atoms with van der Waals surface area (Å²) < 4.78 is 5.20. The fraction of sp³-hybridized carbons (Fsp3) is 0.400. The quantitative estimate of drug-likeness (QED) is 0.692. The number of ether oxygens (including phenoxy) is 1. The summed E-state index contributed by atoms with van der Waals surface area (Å²) in [5, 5.41) is 11.9. The fourth-order valence-electron chi connectivity index (χ4n) is 1.55. The number of nitrogen functional groups attached to an aromatic ring is 1. The number of aromatic carboxylic acids is 1. The van der Waals surface area contributed by atoms with Gasteiger partial charge in [0.2, 0.25) is 0 Å². The second kappa shape index (κ2) is 4.36. The van der Waals surface area contributed by atoms with Crippen molar-refractivity contribution < 1.29 is 14.6 Å². The van der Waals surface area contributed by atoms with Crippen molar-refractivity contribution in [3.05, 3.63) is 17.8 Å². The molecule has 6 heteroatoms. The minimum Gasteiger partial charge on any atom is -0.477 e. The van der Waals surface area contributed by atoms with Gasteiger partial charge in [-0.05, 0) is 18.6 Å². The lowest BCUT2D eigenvalue weighted by Gasteiger charge is -2.13. The predicted molar refractivity (Wildman–Crippen MR) is 58.5 cm³/mol. The summed E-state index contributed by atoms with van der Waals surface area (Å²) in [7, 11) is 0. The lowest BCUT2D eigenvalue weighted by atomic mass is 10.2. The van der Waals surface area contributed by atoms with E-state index in [-0.39, 0.29) is 11.7 Å². The SMILES string of the molecule is Nc1ccc(C(=O)O)nc1NC1CCOC1. The molecule has 0 aliphatic carbocycles. The Bertz CT molecular complexity index is 402. The molecular formula is C10H13N3O3. The number of nitrogens with one attached hydrogen (secondary N) is 1. The first kappa shape index (κ1) is 10.7. The third-order valence-electron chi connectivity index (χ3n) is 2.42. The van der Waals surface area contributed by atoms with Gasteiger partial charge in [0.15, 0.2) is 11.5 Å². The number of rotatable bonds is 3. The second-order valence-corrected chi connectivity index (χ2v) is 3.64. The van der Waals surface area contributed by atoms with Crippen LogP contribution < -0.4 is 11.1 Å². The molecular weight excluding hydrogens is 210 g/mol. The van der Waals surface area contributed by atoms with Gasteiger partial charge in [-0.25, -0.2) is 9.78 Å². The number of hydrogen-bond donors (Lipinski definition) is 3. The van der Waals surface area contributed by atoms with Crippen LogP contribution in [-0.4, -0.2) is 35.3 Å². The zero-order valence-electron chi connectivity index (χ0n) is 8.64. The van der Waals surface area contributed by atoms with Crippen LogP contribution in [0.5, 0.6) is 0 Å². The molecule has 1 aromatic heterocycles. The molecule has 1 unspecified atom stereocenters. The zero-order chi connectivity index (χ0) is 11.5. The van der Waals surface area contributed by atoms with E-state index in [2.05, 4.69) is 10.3 Å². The summed E-state index contributed by atoms with van der Waals surface area (Å²) in [6.45, 7) is 1.30. The van der Waals surface area contributed by atoms with Crippen molar-refractivity contribution in [3.8, 4) is 0 Å². The van der Waals surface area contributed by atoms with Gasteiger partial charge in [0.25, 0.3) is 0 Å². The average Bonchev–Trinajstić information content (AvgIpc) is 2.73. The van der Waals surface area contributed by atoms with Gasteiger partial charge in [-0.2, -0.15) is 0 Å². The van der Waals surface area contributed by atoms with Gasteiger partial charge in [0.05, 0.1) is 18.3 Å². The molecule has 0 radical (unpaired) electrons. The number of carbonyl (C=O) groups is 1. The monoisotopic (exact) mass is 223 g/mol. The van der Waals surface area contributed by atoms with Crippen LogP contribution in [-0.2, 0) is 4.74 Å². The summed E-state index contributed by atoms with van der Waals surface area (Å²) >= 11 is 0. The Balaban J connectivity index is 2.17. The normalized spacial score (nSPS) is 19.6. The van der Waals surface area contributed by atoms with Crippen molar-refractivity contribution in [2.75, 3.05) is 24.3 Å². The van der Waals surface area contributed by atoms with Gasteiger partial charge in [-0.1, -0.05) is 0 Å². The van der Waals surface area contributed by atoms with Crippen LogP contribution in [0.4, 0.5) is 11.5 Å². The van der Waals surface area contributed by atoms with Crippen LogP contribution in [0.2, 0.25) is 0 Å². The molecule has 0 spiro atoms. The number of hydrogen-bond acceptors (Lipinski definition) is 5. The second-order valence-electron chi connectivity index (χ2n) is 3.64. The van der Waals surface area contributed by atoms with Gasteiger partial charge >= 0.3 is 5.97 Å². The molecule has 1 fully saturated rings. The van der Waals surface area contributed by atoms with Crippen LogP contribution >= 0.6 is 0 Å². The number of aromatic nitrogens is 1. The topological polar surface area (TPSA) is 97.5 Å².